The molecule has 5 rings (SSSR count). The normalized spacial score (nSPS) is 20.9. The Balaban J connectivity index is 1.53. The highest BCUT2D eigenvalue weighted by Crippen LogP contribution is 2.40. The van der Waals surface area contributed by atoms with E-state index in [-0.39, 0.29) is 34.7 Å². The van der Waals surface area contributed by atoms with E-state index in [9.17, 15) is 9.90 Å². The van der Waals surface area contributed by atoms with Crippen LogP contribution < -0.4 is 15.8 Å². The number of aromatic amines is 1. The molecule has 0 radical (unpaired) electrons. The number of rotatable bonds is 4. The van der Waals surface area contributed by atoms with Gasteiger partial charge in [0.25, 0.3) is 0 Å². The van der Waals surface area contributed by atoms with Crippen molar-refractivity contribution in [1.29, 1.82) is 5.41 Å². The van der Waals surface area contributed by atoms with Gasteiger partial charge in [-0.3, -0.25) is 10.2 Å². The summed E-state index contributed by atoms with van der Waals surface area (Å²) in [5.74, 6) is -0.355. The van der Waals surface area contributed by atoms with Gasteiger partial charge in [-0.2, -0.15) is 11.8 Å². The van der Waals surface area contributed by atoms with E-state index in [1.807, 2.05) is 37.3 Å². The van der Waals surface area contributed by atoms with Crippen molar-refractivity contribution in [3.8, 4) is 11.5 Å². The molecule has 0 saturated heterocycles. The van der Waals surface area contributed by atoms with Crippen LogP contribution in [0.5, 0.6) is 11.5 Å². The van der Waals surface area contributed by atoms with Crippen molar-refractivity contribution >= 4 is 34.5 Å². The molecule has 2 bridgehead atoms. The SMILES string of the molecule is CC1(C)CCC(C)(c2cccc(CCC(=O)O)c2)C(N)NC(=N)c2cc(ccc2F)Oc2c(F)cc3[nH]ccc3c2CCSC1. The molecule has 0 spiro atoms. The fourth-order valence-electron chi connectivity index (χ4n) is 5.86. The van der Waals surface area contributed by atoms with Crippen molar-refractivity contribution in [3.63, 3.8) is 0 Å². The van der Waals surface area contributed by atoms with Crippen LogP contribution in [0.15, 0.2) is 60.8 Å². The van der Waals surface area contributed by atoms with Crippen LogP contribution in [-0.2, 0) is 23.1 Å². The van der Waals surface area contributed by atoms with Crippen molar-refractivity contribution in [3.05, 3.63) is 94.7 Å². The minimum Gasteiger partial charge on any atom is -0.481 e. The number of aromatic nitrogens is 1. The van der Waals surface area contributed by atoms with Crippen LogP contribution in [0.2, 0.25) is 0 Å². The number of amidine groups is 1. The van der Waals surface area contributed by atoms with Crippen LogP contribution in [0.4, 0.5) is 8.78 Å². The van der Waals surface area contributed by atoms with Gasteiger partial charge in [0.1, 0.15) is 17.4 Å². The van der Waals surface area contributed by atoms with Gasteiger partial charge in [-0.15, -0.1) is 0 Å². The number of carbonyl (C=O) groups is 1. The Hall–Kier alpha value is -3.89. The predicted octanol–water partition coefficient (Wildman–Crippen LogP) is 7.51. The Morgan fingerprint density at radius 2 is 1.91 bits per heavy atom. The molecule has 2 unspecified atom stereocenters. The molecule has 0 aliphatic carbocycles. The standard InChI is InChI=1S/C35H40F2N4O3S/c1-34(2)13-14-35(3,22-6-4-5-21(17-22)7-10-30(42)43)33(39)41-32(38)26-18-23(8-9-27(26)36)44-31-25(12-16-45-20-34)24-11-15-40-29(24)19-28(31)37/h4-6,8-9,11,15,17-19,33,40H,7,10,12-14,16,20,39H2,1-3H3,(H2,38,41)(H,42,43). The molecular formula is C35H40F2N4O3S. The molecule has 45 heavy (non-hydrogen) atoms. The van der Waals surface area contributed by atoms with Crippen LogP contribution in [0.3, 0.4) is 0 Å². The number of halogens is 2. The summed E-state index contributed by atoms with van der Waals surface area (Å²) in [5.41, 5.74) is 9.24. The summed E-state index contributed by atoms with van der Waals surface area (Å²) in [6.45, 7) is 6.45. The van der Waals surface area contributed by atoms with Crippen LogP contribution in [0, 0.1) is 22.5 Å². The average molecular weight is 635 g/mol. The molecule has 0 fully saturated rings. The number of thioether (sulfide) groups is 1. The number of H-pyrrole nitrogens is 1. The zero-order valence-electron chi connectivity index (χ0n) is 25.8. The number of benzene rings is 3. The second-order valence-corrected chi connectivity index (χ2v) is 13.9. The number of ether oxygens (including phenoxy) is 1. The molecule has 3 aromatic carbocycles. The molecule has 2 atom stereocenters. The summed E-state index contributed by atoms with van der Waals surface area (Å²) >= 11 is 1.80. The highest BCUT2D eigenvalue weighted by atomic mass is 32.2. The van der Waals surface area contributed by atoms with Gasteiger partial charge in [0.15, 0.2) is 11.6 Å². The van der Waals surface area contributed by atoms with E-state index >= 15 is 8.78 Å². The minimum absolute atomic E-state index is 0.0143. The number of aliphatic carboxylic acids is 1. The van der Waals surface area contributed by atoms with Gasteiger partial charge < -0.3 is 25.9 Å². The summed E-state index contributed by atoms with van der Waals surface area (Å²) in [6, 6.07) is 15.1. The topological polar surface area (TPSA) is 124 Å². The van der Waals surface area contributed by atoms with Crippen molar-refractivity contribution in [2.24, 2.45) is 11.1 Å². The summed E-state index contributed by atoms with van der Waals surface area (Å²) in [5, 5.41) is 22.0. The fourth-order valence-corrected chi connectivity index (χ4v) is 7.05. The maximum Gasteiger partial charge on any atom is 0.303 e. The quantitative estimate of drug-likeness (QED) is 0.158. The van der Waals surface area contributed by atoms with Crippen LogP contribution in [-0.4, -0.2) is 39.6 Å². The summed E-state index contributed by atoms with van der Waals surface area (Å²) in [6.07, 6.45) is 3.42. The second kappa shape index (κ2) is 13.2. The van der Waals surface area contributed by atoms with E-state index in [1.54, 1.807) is 18.0 Å². The molecule has 2 heterocycles. The lowest BCUT2D eigenvalue weighted by Crippen LogP contribution is -2.55. The zero-order chi connectivity index (χ0) is 32.4. The van der Waals surface area contributed by atoms with Gasteiger partial charge in [0.05, 0.1) is 11.7 Å². The molecule has 1 aliphatic heterocycles. The van der Waals surface area contributed by atoms with Gasteiger partial charge in [-0.05, 0) is 78.0 Å². The van der Waals surface area contributed by atoms with Crippen LogP contribution in [0.25, 0.3) is 10.9 Å². The zero-order valence-corrected chi connectivity index (χ0v) is 26.6. The van der Waals surface area contributed by atoms with Gasteiger partial charge in [-0.25, -0.2) is 8.78 Å². The average Bonchev–Trinajstić information content (AvgIpc) is 3.46. The van der Waals surface area contributed by atoms with Crippen molar-refractivity contribution in [1.82, 2.24) is 10.3 Å². The van der Waals surface area contributed by atoms with E-state index in [2.05, 4.69) is 24.1 Å². The lowest BCUT2D eigenvalue weighted by atomic mass is 9.72. The molecule has 0 amide bonds. The second-order valence-electron chi connectivity index (χ2n) is 12.8. The lowest BCUT2D eigenvalue weighted by Gasteiger charge is -2.39. The monoisotopic (exact) mass is 634 g/mol. The Kier molecular flexibility index (Phi) is 9.55. The van der Waals surface area contributed by atoms with Crippen molar-refractivity contribution in [2.75, 3.05) is 11.5 Å². The van der Waals surface area contributed by atoms with Crippen LogP contribution >= 0.6 is 11.8 Å². The Morgan fingerprint density at radius 1 is 1.11 bits per heavy atom. The molecule has 0 saturated carbocycles. The molecule has 4 aromatic rings. The first-order valence-corrected chi connectivity index (χ1v) is 16.3. The third kappa shape index (κ3) is 7.34. The van der Waals surface area contributed by atoms with Crippen LogP contribution in [0.1, 0.15) is 62.3 Å². The van der Waals surface area contributed by atoms with E-state index < -0.39 is 29.2 Å². The number of carboxylic acids is 1. The lowest BCUT2D eigenvalue weighted by molar-refractivity contribution is -0.136. The number of hydrogen-bond acceptors (Lipinski definition) is 5. The molecule has 1 aromatic heterocycles. The third-order valence-electron chi connectivity index (χ3n) is 8.80. The van der Waals surface area contributed by atoms with Crippen molar-refractivity contribution < 1.29 is 23.4 Å². The van der Waals surface area contributed by atoms with Gasteiger partial charge in [0, 0.05) is 40.6 Å². The number of nitrogens with two attached hydrogens (primary N) is 1. The van der Waals surface area contributed by atoms with Gasteiger partial charge >= 0.3 is 5.97 Å². The summed E-state index contributed by atoms with van der Waals surface area (Å²) in [4.78, 5) is 14.3. The summed E-state index contributed by atoms with van der Waals surface area (Å²) < 4.78 is 36.7. The van der Waals surface area contributed by atoms with E-state index in [1.165, 1.54) is 24.3 Å². The maximum absolute atomic E-state index is 15.5. The van der Waals surface area contributed by atoms with E-state index in [0.29, 0.717) is 24.8 Å². The Labute approximate surface area is 266 Å². The highest BCUT2D eigenvalue weighted by molar-refractivity contribution is 7.99. The Morgan fingerprint density at radius 3 is 2.69 bits per heavy atom. The first-order valence-electron chi connectivity index (χ1n) is 15.1. The number of nitrogens with one attached hydrogen (secondary N) is 3. The largest absolute Gasteiger partial charge is 0.481 e. The highest BCUT2D eigenvalue weighted by Gasteiger charge is 2.37. The molecule has 10 heteroatoms. The third-order valence-corrected chi connectivity index (χ3v) is 10.3. The molecule has 7 nitrogen and oxygen atoms in total. The molecular weight excluding hydrogens is 594 g/mol. The fraction of sp³-hybridized carbons (Fsp3) is 0.371. The smallest absolute Gasteiger partial charge is 0.303 e. The van der Waals surface area contributed by atoms with Gasteiger partial charge in [0.2, 0.25) is 0 Å². The first-order chi connectivity index (χ1) is 21.4. The molecule has 1 aliphatic rings. The first kappa shape index (κ1) is 32.5. The maximum atomic E-state index is 15.5. The number of aryl methyl sites for hydroxylation is 2. The summed E-state index contributed by atoms with van der Waals surface area (Å²) in [7, 11) is 0. The van der Waals surface area contributed by atoms with E-state index in [4.69, 9.17) is 15.9 Å². The number of hydrogen-bond donors (Lipinski definition) is 5. The molecule has 238 valence electrons. The van der Waals surface area contributed by atoms with Crippen molar-refractivity contribution in [2.45, 2.75) is 64.5 Å². The number of carboxylic acid groups (broad SMARTS) is 1. The predicted molar refractivity (Wildman–Crippen MR) is 176 cm³/mol. The van der Waals surface area contributed by atoms with E-state index in [0.717, 1.165) is 40.0 Å². The van der Waals surface area contributed by atoms with Gasteiger partial charge in [-0.1, -0.05) is 45.0 Å². The Bertz CT molecular complexity index is 1720. The minimum atomic E-state index is -0.866. The molecule has 6 N–H and O–H groups in total. The number of fused-ring (bicyclic) bond motifs is 5.